The number of benzene rings is 2. The van der Waals surface area contributed by atoms with E-state index in [-0.39, 0.29) is 0 Å². The number of fused-ring (bicyclic) bond motifs is 5. The van der Waals surface area contributed by atoms with Crippen molar-refractivity contribution in [3.63, 3.8) is 0 Å². The number of hydroxylamine groups is 1. The highest BCUT2D eigenvalue weighted by Gasteiger charge is 2.24. The Hall–Kier alpha value is -2.66. The fourth-order valence-electron chi connectivity index (χ4n) is 2.88. The van der Waals surface area contributed by atoms with E-state index in [9.17, 15) is 5.21 Å². The number of hydrogen-bond donors (Lipinski definition) is 1. The van der Waals surface area contributed by atoms with Crippen molar-refractivity contribution in [2.24, 2.45) is 7.05 Å². The van der Waals surface area contributed by atoms with Crippen LogP contribution >= 0.6 is 0 Å². The minimum atomic E-state index is 0.420. The van der Waals surface area contributed by atoms with Crippen molar-refractivity contribution < 1.29 is 5.21 Å². The number of nitrogens with zero attached hydrogens (tertiary/aromatic N) is 4. The van der Waals surface area contributed by atoms with Crippen LogP contribution in [0.25, 0.3) is 22.5 Å². The van der Waals surface area contributed by atoms with Gasteiger partial charge in [0.1, 0.15) is 5.69 Å². The topological polar surface area (TPSA) is 54.2 Å². The van der Waals surface area contributed by atoms with E-state index in [1.165, 1.54) is 5.06 Å². The zero-order valence-electron chi connectivity index (χ0n) is 11.6. The highest BCUT2D eigenvalue weighted by atomic mass is 16.5. The first-order chi connectivity index (χ1) is 10.3. The number of aromatic nitrogens is 3. The molecule has 0 bridgehead atoms. The molecule has 0 radical (unpaired) electrons. The number of aryl methyl sites for hydroxylation is 1. The van der Waals surface area contributed by atoms with Crippen LogP contribution in [0, 0.1) is 0 Å². The van der Waals surface area contributed by atoms with E-state index in [1.807, 2.05) is 55.6 Å². The summed E-state index contributed by atoms with van der Waals surface area (Å²) < 4.78 is 1.75. The summed E-state index contributed by atoms with van der Waals surface area (Å²) in [5, 5.41) is 20.2. The van der Waals surface area contributed by atoms with Gasteiger partial charge in [0.2, 0.25) is 0 Å². The fraction of sp³-hybridized carbons (Fsp3) is 0.125. The van der Waals surface area contributed by atoms with Gasteiger partial charge in [0.15, 0.2) is 0 Å². The summed E-state index contributed by atoms with van der Waals surface area (Å²) in [5.41, 5.74) is 5.49. The Morgan fingerprint density at radius 1 is 1.00 bits per heavy atom. The third-order valence-electron chi connectivity index (χ3n) is 3.86. The van der Waals surface area contributed by atoms with Gasteiger partial charge >= 0.3 is 0 Å². The molecule has 0 aliphatic carbocycles. The molecule has 0 fully saturated rings. The quantitative estimate of drug-likeness (QED) is 0.687. The molecule has 2 heterocycles. The summed E-state index contributed by atoms with van der Waals surface area (Å²) in [6.07, 6.45) is 0. The van der Waals surface area contributed by atoms with Gasteiger partial charge in [0.05, 0.1) is 17.9 Å². The predicted molar refractivity (Wildman–Crippen MR) is 79.8 cm³/mol. The summed E-state index contributed by atoms with van der Waals surface area (Å²) in [6, 6.07) is 15.7. The van der Waals surface area contributed by atoms with E-state index in [0.29, 0.717) is 6.54 Å². The molecule has 0 amide bonds. The van der Waals surface area contributed by atoms with E-state index < -0.39 is 0 Å². The second kappa shape index (κ2) is 4.43. The lowest BCUT2D eigenvalue weighted by molar-refractivity contribution is 0.250. The molecule has 0 saturated carbocycles. The lowest BCUT2D eigenvalue weighted by Crippen LogP contribution is -2.20. The Kier molecular flexibility index (Phi) is 2.55. The van der Waals surface area contributed by atoms with Gasteiger partial charge < -0.3 is 0 Å². The Morgan fingerprint density at radius 3 is 2.57 bits per heavy atom. The van der Waals surface area contributed by atoms with Crippen LogP contribution in [0.5, 0.6) is 0 Å². The van der Waals surface area contributed by atoms with Gasteiger partial charge in [-0.25, -0.2) is 4.68 Å². The van der Waals surface area contributed by atoms with Crippen LogP contribution in [0.15, 0.2) is 48.5 Å². The van der Waals surface area contributed by atoms with Crippen molar-refractivity contribution in [2.45, 2.75) is 6.54 Å². The lowest BCUT2D eigenvalue weighted by atomic mass is 9.96. The second-order valence-electron chi connectivity index (χ2n) is 5.14. The van der Waals surface area contributed by atoms with Gasteiger partial charge in [-0.1, -0.05) is 47.7 Å². The van der Waals surface area contributed by atoms with E-state index >= 15 is 0 Å². The largest absolute Gasteiger partial charge is 0.288 e. The van der Waals surface area contributed by atoms with Crippen LogP contribution in [-0.4, -0.2) is 20.2 Å². The summed E-state index contributed by atoms with van der Waals surface area (Å²) in [7, 11) is 1.87. The second-order valence-corrected chi connectivity index (χ2v) is 5.14. The maximum absolute atomic E-state index is 10.5. The summed E-state index contributed by atoms with van der Waals surface area (Å²) in [4.78, 5) is 0. The van der Waals surface area contributed by atoms with Crippen LogP contribution in [-0.2, 0) is 13.6 Å². The Balaban J connectivity index is 2.11. The van der Waals surface area contributed by atoms with E-state index in [2.05, 4.69) is 10.3 Å². The molecule has 3 aromatic rings. The number of para-hydroxylation sites is 1. The molecule has 1 aliphatic heterocycles. The summed E-state index contributed by atoms with van der Waals surface area (Å²) in [5.74, 6) is 0. The maximum Gasteiger partial charge on any atom is 0.121 e. The fourth-order valence-corrected chi connectivity index (χ4v) is 2.88. The van der Waals surface area contributed by atoms with Gasteiger partial charge in [0, 0.05) is 18.2 Å². The molecule has 0 saturated heterocycles. The molecule has 0 unspecified atom stereocenters. The Bertz CT molecular complexity index is 825. The first-order valence-electron chi connectivity index (χ1n) is 6.79. The molecule has 1 aromatic heterocycles. The lowest BCUT2D eigenvalue weighted by Gasteiger charge is -2.24. The van der Waals surface area contributed by atoms with E-state index in [0.717, 1.165) is 33.8 Å². The van der Waals surface area contributed by atoms with Gasteiger partial charge in [-0.15, -0.1) is 5.10 Å². The zero-order valence-corrected chi connectivity index (χ0v) is 11.6. The standard InChI is InChI=1S/C16H14N4O/c1-19-16-13-8-4-5-9-14(13)20(21)10-11-6-2-3-7-12(11)15(16)17-18-19/h2-9,21H,10H2,1H3. The Labute approximate surface area is 122 Å². The first kappa shape index (κ1) is 12.1. The number of anilines is 1. The normalized spacial score (nSPS) is 13.0. The predicted octanol–water partition coefficient (Wildman–Crippen LogP) is 2.86. The van der Waals surface area contributed by atoms with E-state index in [1.54, 1.807) is 4.68 Å². The van der Waals surface area contributed by atoms with Crippen molar-refractivity contribution in [2.75, 3.05) is 5.06 Å². The summed E-state index contributed by atoms with van der Waals surface area (Å²) >= 11 is 0. The third-order valence-corrected chi connectivity index (χ3v) is 3.86. The van der Waals surface area contributed by atoms with Crippen molar-refractivity contribution >= 4 is 5.69 Å². The molecule has 0 spiro atoms. The van der Waals surface area contributed by atoms with Gasteiger partial charge in [-0.3, -0.25) is 10.3 Å². The SMILES string of the molecule is Cn1nnc2c1-c1ccccc1N(O)Cc1ccccc1-2. The zero-order chi connectivity index (χ0) is 14.4. The molecule has 1 N–H and O–H groups in total. The van der Waals surface area contributed by atoms with Crippen molar-refractivity contribution in [1.82, 2.24) is 15.0 Å². The molecule has 21 heavy (non-hydrogen) atoms. The van der Waals surface area contributed by atoms with E-state index in [4.69, 9.17) is 0 Å². The molecule has 0 atom stereocenters. The van der Waals surface area contributed by atoms with Crippen LogP contribution in [0.3, 0.4) is 0 Å². The average molecular weight is 278 g/mol. The van der Waals surface area contributed by atoms with Crippen LogP contribution in [0.4, 0.5) is 5.69 Å². The highest BCUT2D eigenvalue weighted by Crippen LogP contribution is 2.39. The smallest absolute Gasteiger partial charge is 0.121 e. The van der Waals surface area contributed by atoms with Gasteiger partial charge in [-0.05, 0) is 11.6 Å². The first-order valence-corrected chi connectivity index (χ1v) is 6.79. The summed E-state index contributed by atoms with van der Waals surface area (Å²) in [6.45, 7) is 0.420. The van der Waals surface area contributed by atoms with Crippen molar-refractivity contribution in [1.29, 1.82) is 0 Å². The Morgan fingerprint density at radius 2 is 1.71 bits per heavy atom. The maximum atomic E-state index is 10.5. The van der Waals surface area contributed by atoms with Crippen molar-refractivity contribution in [3.05, 3.63) is 54.1 Å². The third kappa shape index (κ3) is 1.75. The van der Waals surface area contributed by atoms with Gasteiger partial charge in [0.25, 0.3) is 0 Å². The molecule has 5 heteroatoms. The molecule has 1 aliphatic rings. The molecule has 2 aromatic carbocycles. The van der Waals surface area contributed by atoms with Crippen LogP contribution in [0.1, 0.15) is 5.56 Å². The number of hydrogen-bond acceptors (Lipinski definition) is 4. The average Bonchev–Trinajstić information content (AvgIpc) is 2.87. The molecular formula is C16H14N4O. The molecule has 104 valence electrons. The molecule has 5 nitrogen and oxygen atoms in total. The minimum Gasteiger partial charge on any atom is -0.288 e. The van der Waals surface area contributed by atoms with Gasteiger partial charge in [-0.2, -0.15) is 0 Å². The number of rotatable bonds is 0. The minimum absolute atomic E-state index is 0.420. The van der Waals surface area contributed by atoms with Crippen LogP contribution in [0.2, 0.25) is 0 Å². The molecule has 4 rings (SSSR count). The van der Waals surface area contributed by atoms with Crippen LogP contribution < -0.4 is 5.06 Å². The highest BCUT2D eigenvalue weighted by molar-refractivity contribution is 5.87. The monoisotopic (exact) mass is 278 g/mol. The molecular weight excluding hydrogens is 264 g/mol. The van der Waals surface area contributed by atoms with Crippen molar-refractivity contribution in [3.8, 4) is 22.5 Å².